The summed E-state index contributed by atoms with van der Waals surface area (Å²) in [5.74, 6) is 0.880. The maximum atomic E-state index is 11.6. The summed E-state index contributed by atoms with van der Waals surface area (Å²) >= 11 is 0. The van der Waals surface area contributed by atoms with Crippen molar-refractivity contribution in [2.24, 2.45) is 0 Å². The third-order valence-corrected chi connectivity index (χ3v) is 2.84. The lowest BCUT2D eigenvalue weighted by molar-refractivity contribution is 0.0523. The molecule has 1 amide bonds. The fraction of sp³-hybridized carbons (Fsp3) is 0.588. The van der Waals surface area contributed by atoms with Gasteiger partial charge < -0.3 is 20.1 Å². The lowest BCUT2D eigenvalue weighted by Gasteiger charge is -2.21. The second kappa shape index (κ2) is 8.63. The first-order valence-electron chi connectivity index (χ1n) is 7.72. The molecule has 124 valence electrons. The zero-order valence-electron chi connectivity index (χ0n) is 14.2. The third kappa shape index (κ3) is 7.88. The molecule has 0 aliphatic heterocycles. The molecule has 1 aromatic rings. The summed E-state index contributed by atoms with van der Waals surface area (Å²) in [4.78, 5) is 11.6. The fourth-order valence-corrected chi connectivity index (χ4v) is 1.79. The Morgan fingerprint density at radius 3 is 2.41 bits per heavy atom. The molecule has 0 saturated heterocycles. The maximum absolute atomic E-state index is 11.6. The fourth-order valence-electron chi connectivity index (χ4n) is 1.79. The van der Waals surface area contributed by atoms with Crippen LogP contribution in [0.2, 0.25) is 0 Å². The molecule has 0 heterocycles. The van der Waals surface area contributed by atoms with Crippen LogP contribution >= 0.6 is 0 Å². The molecule has 1 rings (SSSR count). The van der Waals surface area contributed by atoms with Gasteiger partial charge in [-0.25, -0.2) is 4.79 Å². The SMILES string of the molecule is CCOc1ccc(CNC(C)CNC(=O)OC(C)(C)C)cc1. The highest BCUT2D eigenvalue weighted by Crippen LogP contribution is 2.12. The average molecular weight is 308 g/mol. The molecular formula is C17H28N2O3. The zero-order chi connectivity index (χ0) is 16.6. The Kier molecular flexibility index (Phi) is 7.18. The minimum atomic E-state index is -0.469. The molecule has 0 aliphatic rings. The molecule has 0 bridgehead atoms. The minimum absolute atomic E-state index is 0.152. The van der Waals surface area contributed by atoms with Gasteiger partial charge in [0.05, 0.1) is 6.61 Å². The Hall–Kier alpha value is -1.75. The lowest BCUT2D eigenvalue weighted by Crippen LogP contribution is -2.40. The van der Waals surface area contributed by atoms with Crippen molar-refractivity contribution in [2.75, 3.05) is 13.2 Å². The summed E-state index contributed by atoms with van der Waals surface area (Å²) in [5.41, 5.74) is 0.704. The molecule has 0 radical (unpaired) electrons. The summed E-state index contributed by atoms with van der Waals surface area (Å²) in [7, 11) is 0. The van der Waals surface area contributed by atoms with Gasteiger partial charge in [0, 0.05) is 19.1 Å². The quantitative estimate of drug-likeness (QED) is 0.812. The average Bonchev–Trinajstić information content (AvgIpc) is 2.43. The number of benzene rings is 1. The lowest BCUT2D eigenvalue weighted by atomic mass is 10.2. The summed E-state index contributed by atoms with van der Waals surface area (Å²) in [6, 6.07) is 8.14. The number of rotatable bonds is 7. The van der Waals surface area contributed by atoms with E-state index in [1.807, 2.05) is 58.9 Å². The molecule has 5 nitrogen and oxygen atoms in total. The Balaban J connectivity index is 2.28. The van der Waals surface area contributed by atoms with Gasteiger partial charge in [0.25, 0.3) is 0 Å². The minimum Gasteiger partial charge on any atom is -0.494 e. The van der Waals surface area contributed by atoms with E-state index < -0.39 is 5.60 Å². The predicted octanol–water partition coefficient (Wildman–Crippen LogP) is 3.09. The molecule has 0 fully saturated rings. The van der Waals surface area contributed by atoms with E-state index in [1.54, 1.807) is 0 Å². The van der Waals surface area contributed by atoms with Crippen molar-refractivity contribution in [1.29, 1.82) is 0 Å². The highest BCUT2D eigenvalue weighted by atomic mass is 16.6. The topological polar surface area (TPSA) is 59.6 Å². The van der Waals surface area contributed by atoms with Crippen molar-refractivity contribution in [3.05, 3.63) is 29.8 Å². The van der Waals surface area contributed by atoms with Crippen molar-refractivity contribution in [3.63, 3.8) is 0 Å². The Labute approximate surface area is 133 Å². The Bertz CT molecular complexity index is 452. The monoisotopic (exact) mass is 308 g/mol. The number of carbonyl (C=O) groups is 1. The van der Waals surface area contributed by atoms with E-state index in [9.17, 15) is 4.79 Å². The normalized spacial score (nSPS) is 12.6. The molecule has 22 heavy (non-hydrogen) atoms. The standard InChI is InChI=1S/C17H28N2O3/c1-6-21-15-9-7-14(8-10-15)12-18-13(2)11-19-16(20)22-17(3,4)5/h7-10,13,18H,6,11-12H2,1-5H3,(H,19,20). The summed E-state index contributed by atoms with van der Waals surface area (Å²) in [6.45, 7) is 11.5. The molecular weight excluding hydrogens is 280 g/mol. The molecule has 0 saturated carbocycles. The smallest absolute Gasteiger partial charge is 0.407 e. The van der Waals surface area contributed by atoms with Gasteiger partial charge in [0.2, 0.25) is 0 Å². The van der Waals surface area contributed by atoms with E-state index in [0.717, 1.165) is 12.3 Å². The van der Waals surface area contributed by atoms with E-state index in [1.165, 1.54) is 5.56 Å². The molecule has 2 N–H and O–H groups in total. The van der Waals surface area contributed by atoms with Gasteiger partial charge in [-0.2, -0.15) is 0 Å². The van der Waals surface area contributed by atoms with Gasteiger partial charge in [-0.3, -0.25) is 0 Å². The van der Waals surface area contributed by atoms with Crippen molar-refractivity contribution in [3.8, 4) is 5.75 Å². The van der Waals surface area contributed by atoms with Crippen LogP contribution in [-0.2, 0) is 11.3 Å². The first-order valence-corrected chi connectivity index (χ1v) is 7.72. The van der Waals surface area contributed by atoms with E-state index in [4.69, 9.17) is 9.47 Å². The predicted molar refractivity (Wildman–Crippen MR) is 88.1 cm³/mol. The van der Waals surface area contributed by atoms with Crippen molar-refractivity contribution >= 4 is 6.09 Å². The van der Waals surface area contributed by atoms with Crippen LogP contribution in [-0.4, -0.2) is 30.9 Å². The molecule has 0 aliphatic carbocycles. The molecule has 0 aromatic heterocycles. The summed E-state index contributed by atoms with van der Waals surface area (Å²) in [5, 5.41) is 6.11. The molecule has 1 unspecified atom stereocenters. The maximum Gasteiger partial charge on any atom is 0.407 e. The van der Waals surface area contributed by atoms with Gasteiger partial charge >= 0.3 is 6.09 Å². The van der Waals surface area contributed by atoms with Crippen molar-refractivity contribution in [1.82, 2.24) is 10.6 Å². The van der Waals surface area contributed by atoms with E-state index >= 15 is 0 Å². The second-order valence-corrected chi connectivity index (χ2v) is 6.24. The van der Waals surface area contributed by atoms with Gasteiger partial charge in [-0.15, -0.1) is 0 Å². The van der Waals surface area contributed by atoms with Crippen molar-refractivity contribution in [2.45, 2.75) is 52.8 Å². The van der Waals surface area contributed by atoms with Crippen LogP contribution in [0, 0.1) is 0 Å². The number of ether oxygens (including phenoxy) is 2. The highest BCUT2D eigenvalue weighted by Gasteiger charge is 2.16. The van der Waals surface area contributed by atoms with Crippen LogP contribution in [0.3, 0.4) is 0 Å². The molecule has 1 atom stereocenters. The van der Waals surface area contributed by atoms with Gasteiger partial charge in [0.1, 0.15) is 11.4 Å². The summed E-state index contributed by atoms with van der Waals surface area (Å²) < 4.78 is 10.6. The largest absolute Gasteiger partial charge is 0.494 e. The second-order valence-electron chi connectivity index (χ2n) is 6.24. The number of hydrogen-bond donors (Lipinski definition) is 2. The number of alkyl carbamates (subject to hydrolysis) is 1. The summed E-state index contributed by atoms with van der Waals surface area (Å²) in [6.07, 6.45) is -0.387. The number of amides is 1. The number of carbonyl (C=O) groups excluding carboxylic acids is 1. The van der Waals surface area contributed by atoms with Crippen molar-refractivity contribution < 1.29 is 14.3 Å². The zero-order valence-corrected chi connectivity index (χ0v) is 14.2. The molecule has 0 spiro atoms. The van der Waals surface area contributed by atoms with Gasteiger partial charge in [-0.05, 0) is 52.3 Å². The van der Waals surface area contributed by atoms with E-state index in [-0.39, 0.29) is 12.1 Å². The number of hydrogen-bond acceptors (Lipinski definition) is 4. The Morgan fingerprint density at radius 1 is 1.23 bits per heavy atom. The molecule has 1 aromatic carbocycles. The highest BCUT2D eigenvalue weighted by molar-refractivity contribution is 5.67. The number of nitrogens with one attached hydrogen (secondary N) is 2. The first-order chi connectivity index (χ1) is 10.3. The first kappa shape index (κ1) is 18.3. The van der Waals surface area contributed by atoms with Gasteiger partial charge in [0.15, 0.2) is 0 Å². The molecule has 5 heteroatoms. The van der Waals surface area contributed by atoms with E-state index in [0.29, 0.717) is 13.2 Å². The third-order valence-electron chi connectivity index (χ3n) is 2.84. The van der Waals surface area contributed by atoms with Gasteiger partial charge in [-0.1, -0.05) is 12.1 Å². The van der Waals surface area contributed by atoms with E-state index in [2.05, 4.69) is 10.6 Å². The Morgan fingerprint density at radius 2 is 1.86 bits per heavy atom. The van der Waals surface area contributed by atoms with Crippen LogP contribution in [0.1, 0.15) is 40.2 Å². The van der Waals surface area contributed by atoms with Crippen LogP contribution in [0.25, 0.3) is 0 Å². The van der Waals surface area contributed by atoms with Crippen LogP contribution in [0.4, 0.5) is 4.79 Å². The van der Waals surface area contributed by atoms with Crippen LogP contribution in [0.15, 0.2) is 24.3 Å². The van der Waals surface area contributed by atoms with Crippen LogP contribution in [0.5, 0.6) is 5.75 Å². The van der Waals surface area contributed by atoms with Crippen LogP contribution < -0.4 is 15.4 Å².